The van der Waals surface area contributed by atoms with Crippen molar-refractivity contribution in [2.45, 2.75) is 106 Å². The van der Waals surface area contributed by atoms with Crippen LogP contribution in [0.1, 0.15) is 93.0 Å². The van der Waals surface area contributed by atoms with E-state index in [0.29, 0.717) is 18.5 Å². The van der Waals surface area contributed by atoms with Crippen LogP contribution in [0.3, 0.4) is 0 Å². The molecule has 36 heavy (non-hydrogen) atoms. The molecule has 3 N–H and O–H groups in total. The van der Waals surface area contributed by atoms with Gasteiger partial charge in [-0.25, -0.2) is 0 Å². The molecule has 0 spiro atoms. The molecule has 2 amide bonds. The van der Waals surface area contributed by atoms with E-state index in [1.165, 1.54) is 25.7 Å². The summed E-state index contributed by atoms with van der Waals surface area (Å²) < 4.78 is 0. The summed E-state index contributed by atoms with van der Waals surface area (Å²) in [5.74, 6) is 0.770. The second-order valence-electron chi connectivity index (χ2n) is 10.9. The second-order valence-corrected chi connectivity index (χ2v) is 12.0. The lowest BCUT2D eigenvalue weighted by Gasteiger charge is -2.27. The van der Waals surface area contributed by atoms with Crippen molar-refractivity contribution < 1.29 is 19.5 Å². The Balaban J connectivity index is 1.14. The maximum Gasteiger partial charge on any atom is 0.255 e. The van der Waals surface area contributed by atoms with Crippen LogP contribution in [-0.2, 0) is 16.1 Å². The van der Waals surface area contributed by atoms with Crippen LogP contribution in [0, 0.1) is 0 Å². The highest BCUT2D eigenvalue weighted by atomic mass is 32.2. The lowest BCUT2D eigenvalue weighted by molar-refractivity contribution is -0.121. The summed E-state index contributed by atoms with van der Waals surface area (Å²) in [5.41, 5.74) is 1.53. The number of aldehydes is 1. The number of unbranched alkanes of at least 4 members (excludes halogenated alkanes) is 4. The first-order valence-electron chi connectivity index (χ1n) is 13.6. The molecule has 7 nitrogen and oxygen atoms in total. The summed E-state index contributed by atoms with van der Waals surface area (Å²) in [6, 6.07) is 5.25. The molecule has 1 aliphatic heterocycles. The summed E-state index contributed by atoms with van der Waals surface area (Å²) >= 11 is 1.80. The fourth-order valence-electron chi connectivity index (χ4n) is 6.14. The van der Waals surface area contributed by atoms with Gasteiger partial charge in [0, 0.05) is 36.0 Å². The number of rotatable bonds is 15. The van der Waals surface area contributed by atoms with Gasteiger partial charge in [0.25, 0.3) is 5.91 Å². The van der Waals surface area contributed by atoms with Crippen molar-refractivity contribution in [2.24, 2.45) is 0 Å². The second kappa shape index (κ2) is 12.1. The van der Waals surface area contributed by atoms with E-state index in [2.05, 4.69) is 16.7 Å². The van der Waals surface area contributed by atoms with Crippen LogP contribution < -0.4 is 10.6 Å². The Kier molecular flexibility index (Phi) is 9.12. The molecule has 3 aliphatic rings. The monoisotopic (exact) mass is 515 g/mol. The highest BCUT2D eigenvalue weighted by molar-refractivity contribution is 7.99. The van der Waals surface area contributed by atoms with Crippen molar-refractivity contribution >= 4 is 29.9 Å². The van der Waals surface area contributed by atoms with Gasteiger partial charge in [0.05, 0.1) is 11.6 Å². The average molecular weight is 516 g/mol. The van der Waals surface area contributed by atoms with Gasteiger partial charge in [-0.3, -0.25) is 9.59 Å². The van der Waals surface area contributed by atoms with Crippen LogP contribution in [0.15, 0.2) is 23.1 Å². The summed E-state index contributed by atoms with van der Waals surface area (Å²) in [5, 5.41) is 16.7. The van der Waals surface area contributed by atoms with Crippen LogP contribution in [-0.4, -0.2) is 64.6 Å². The SMILES string of the molecule is CNC(=O)CCC(C=O)N1Cc2c(SCCCCCCCNC34CCC(O)(CC3)C4)cccc2C1=O. The lowest BCUT2D eigenvalue weighted by atomic mass is 9.92. The van der Waals surface area contributed by atoms with Gasteiger partial charge < -0.3 is 25.4 Å². The van der Waals surface area contributed by atoms with E-state index in [4.69, 9.17) is 0 Å². The Morgan fingerprint density at radius 2 is 1.92 bits per heavy atom. The normalized spacial score (nSPS) is 25.3. The number of benzene rings is 1. The number of amides is 2. The third-order valence-corrected chi connectivity index (χ3v) is 9.53. The highest BCUT2D eigenvalue weighted by Crippen LogP contribution is 2.50. The molecule has 0 aromatic heterocycles. The maximum absolute atomic E-state index is 12.9. The van der Waals surface area contributed by atoms with E-state index >= 15 is 0 Å². The Labute approximate surface area is 219 Å². The largest absolute Gasteiger partial charge is 0.390 e. The quantitative estimate of drug-likeness (QED) is 0.187. The number of nitrogens with zero attached hydrogens (tertiary/aromatic N) is 1. The number of aliphatic hydroxyl groups is 1. The summed E-state index contributed by atoms with van der Waals surface area (Å²) in [6.07, 6.45) is 12.4. The van der Waals surface area contributed by atoms with Crippen LogP contribution in [0.25, 0.3) is 0 Å². The summed E-state index contributed by atoms with van der Waals surface area (Å²) in [4.78, 5) is 38.9. The Morgan fingerprint density at radius 3 is 2.61 bits per heavy atom. The van der Waals surface area contributed by atoms with Gasteiger partial charge in [0.1, 0.15) is 6.29 Å². The average Bonchev–Trinajstić information content (AvgIpc) is 3.52. The van der Waals surface area contributed by atoms with E-state index in [1.54, 1.807) is 23.7 Å². The van der Waals surface area contributed by atoms with Crippen molar-refractivity contribution in [2.75, 3.05) is 19.3 Å². The molecule has 2 bridgehead atoms. The molecule has 1 unspecified atom stereocenters. The molecule has 0 radical (unpaired) electrons. The van der Waals surface area contributed by atoms with E-state index in [-0.39, 0.29) is 29.4 Å². The van der Waals surface area contributed by atoms with E-state index in [1.807, 2.05) is 12.1 Å². The van der Waals surface area contributed by atoms with Gasteiger partial charge in [0.15, 0.2) is 0 Å². The minimum Gasteiger partial charge on any atom is -0.390 e. The van der Waals surface area contributed by atoms with Crippen LogP contribution >= 0.6 is 11.8 Å². The molecular formula is C28H41N3O4S. The van der Waals surface area contributed by atoms with Gasteiger partial charge in [-0.05, 0) is 81.4 Å². The molecule has 8 heteroatoms. The van der Waals surface area contributed by atoms with Crippen molar-refractivity contribution in [3.63, 3.8) is 0 Å². The fourth-order valence-corrected chi connectivity index (χ4v) is 7.23. The van der Waals surface area contributed by atoms with Crippen molar-refractivity contribution in [3.8, 4) is 0 Å². The fraction of sp³-hybridized carbons (Fsp3) is 0.679. The van der Waals surface area contributed by atoms with Gasteiger partial charge in [-0.2, -0.15) is 0 Å². The number of carbonyl (C=O) groups excluding carboxylic acids is 3. The molecule has 1 aromatic rings. The zero-order chi connectivity index (χ0) is 25.6. The zero-order valence-electron chi connectivity index (χ0n) is 21.5. The van der Waals surface area contributed by atoms with Gasteiger partial charge in [-0.1, -0.05) is 25.3 Å². The predicted molar refractivity (Wildman–Crippen MR) is 142 cm³/mol. The maximum atomic E-state index is 12.9. The molecule has 1 atom stereocenters. The first kappa shape index (κ1) is 27.1. The third-order valence-electron chi connectivity index (χ3n) is 8.34. The van der Waals surface area contributed by atoms with Gasteiger partial charge in [-0.15, -0.1) is 11.8 Å². The molecule has 2 saturated carbocycles. The Hall–Kier alpha value is -1.90. The third kappa shape index (κ3) is 6.32. The molecule has 2 aliphatic carbocycles. The van der Waals surface area contributed by atoms with Crippen LogP contribution in [0.5, 0.6) is 0 Å². The first-order chi connectivity index (χ1) is 17.4. The Morgan fingerprint density at radius 1 is 1.17 bits per heavy atom. The number of fused-ring (bicyclic) bond motifs is 3. The van der Waals surface area contributed by atoms with E-state index in [0.717, 1.165) is 67.6 Å². The first-order valence-corrected chi connectivity index (χ1v) is 14.6. The minimum atomic E-state index is -0.581. The van der Waals surface area contributed by atoms with E-state index < -0.39 is 6.04 Å². The standard InChI is InChI=1S/C28H41N3O4S/c1-29-25(33)11-10-21(19-32)31-18-23-22(26(31)34)8-7-9-24(23)36-17-6-4-2-3-5-16-30-27-12-14-28(35,20-27)15-13-27/h7-9,19,21,30,35H,2-6,10-18,20H2,1H3,(H,29,33). The number of hydrogen-bond acceptors (Lipinski definition) is 6. The van der Waals surface area contributed by atoms with Gasteiger partial charge >= 0.3 is 0 Å². The Bertz CT molecular complexity index is 945. The van der Waals surface area contributed by atoms with Gasteiger partial charge in [0.2, 0.25) is 5.91 Å². The summed E-state index contributed by atoms with van der Waals surface area (Å²) in [6.45, 7) is 1.48. The highest BCUT2D eigenvalue weighted by Gasteiger charge is 2.52. The number of thioether (sulfide) groups is 1. The topological polar surface area (TPSA) is 98.7 Å². The predicted octanol–water partition coefficient (Wildman–Crippen LogP) is 3.82. The lowest BCUT2D eigenvalue weighted by Crippen LogP contribution is -2.41. The summed E-state index contributed by atoms with van der Waals surface area (Å²) in [7, 11) is 1.57. The number of carbonyl (C=O) groups is 3. The zero-order valence-corrected chi connectivity index (χ0v) is 22.3. The molecule has 198 valence electrons. The molecule has 1 aromatic carbocycles. The molecule has 4 rings (SSSR count). The van der Waals surface area contributed by atoms with Crippen LogP contribution in [0.4, 0.5) is 0 Å². The molecule has 1 heterocycles. The van der Waals surface area contributed by atoms with Crippen molar-refractivity contribution in [3.05, 3.63) is 29.3 Å². The minimum absolute atomic E-state index is 0.116. The number of hydrogen-bond donors (Lipinski definition) is 3. The van der Waals surface area contributed by atoms with E-state index in [9.17, 15) is 19.5 Å². The molecule has 0 saturated heterocycles. The molecular weight excluding hydrogens is 474 g/mol. The van der Waals surface area contributed by atoms with Crippen molar-refractivity contribution in [1.82, 2.24) is 15.5 Å². The molecule has 2 fully saturated rings. The van der Waals surface area contributed by atoms with Crippen molar-refractivity contribution in [1.29, 1.82) is 0 Å². The smallest absolute Gasteiger partial charge is 0.255 e. The number of nitrogens with one attached hydrogen (secondary N) is 2. The van der Waals surface area contributed by atoms with Crippen LogP contribution in [0.2, 0.25) is 0 Å².